The molecule has 2 rings (SSSR count). The minimum absolute atomic E-state index is 0.238. The van der Waals surface area contributed by atoms with E-state index in [2.05, 4.69) is 61.5 Å². The van der Waals surface area contributed by atoms with E-state index in [0.717, 1.165) is 13.1 Å². The second-order valence-electron chi connectivity index (χ2n) is 5.47. The van der Waals surface area contributed by atoms with E-state index in [-0.39, 0.29) is 5.54 Å². The molecule has 1 heterocycles. The molecule has 1 aliphatic rings. The van der Waals surface area contributed by atoms with Crippen molar-refractivity contribution >= 4 is 17.4 Å². The smallest absolute Gasteiger partial charge is 0.0387 e. The first-order valence-corrected chi connectivity index (χ1v) is 7.96. The molecule has 3 heteroatoms. The van der Waals surface area contributed by atoms with Crippen LogP contribution in [0.25, 0.3) is 0 Å². The van der Waals surface area contributed by atoms with Crippen LogP contribution in [0.2, 0.25) is 0 Å². The summed E-state index contributed by atoms with van der Waals surface area (Å²) in [6.45, 7) is 9.04. The molecule has 2 nitrogen and oxygen atoms in total. The van der Waals surface area contributed by atoms with E-state index >= 15 is 0 Å². The summed E-state index contributed by atoms with van der Waals surface area (Å²) in [4.78, 5) is 3.89. The van der Waals surface area contributed by atoms with Crippen molar-refractivity contribution in [2.75, 3.05) is 24.2 Å². The Morgan fingerprint density at radius 3 is 2.94 bits per heavy atom. The molecular weight excluding hydrogens is 240 g/mol. The number of thioether (sulfide) groups is 1. The normalized spacial score (nSPS) is 28.4. The van der Waals surface area contributed by atoms with Crippen molar-refractivity contribution in [1.29, 1.82) is 0 Å². The molecule has 1 aromatic rings. The average molecular weight is 264 g/mol. The molecule has 0 radical (unpaired) electrons. The largest absolute Gasteiger partial charge is 0.366 e. The van der Waals surface area contributed by atoms with E-state index in [4.69, 9.17) is 0 Å². The van der Waals surface area contributed by atoms with Gasteiger partial charge < -0.3 is 10.2 Å². The third-order valence-electron chi connectivity index (χ3n) is 4.04. The van der Waals surface area contributed by atoms with Crippen molar-refractivity contribution in [3.05, 3.63) is 24.3 Å². The molecular formula is C15H24N2S. The Kier molecular flexibility index (Phi) is 4.23. The van der Waals surface area contributed by atoms with Gasteiger partial charge in [-0.1, -0.05) is 13.0 Å². The summed E-state index contributed by atoms with van der Waals surface area (Å²) in [5.41, 5.74) is 1.59. The standard InChI is InChI=1S/C15H24N2S/c1-5-15(3)11-17(12(2)10-16-15)13-7-6-8-14(9-13)18-4/h6-9,12,16H,5,10-11H2,1-4H3. The fraction of sp³-hybridized carbons (Fsp3) is 0.600. The average Bonchev–Trinajstić information content (AvgIpc) is 2.42. The summed E-state index contributed by atoms with van der Waals surface area (Å²) >= 11 is 1.81. The third-order valence-corrected chi connectivity index (χ3v) is 4.77. The Labute approximate surface area is 115 Å². The maximum Gasteiger partial charge on any atom is 0.0387 e. The lowest BCUT2D eigenvalue weighted by Gasteiger charge is -2.46. The van der Waals surface area contributed by atoms with Gasteiger partial charge >= 0.3 is 0 Å². The van der Waals surface area contributed by atoms with Gasteiger partial charge in [-0.25, -0.2) is 0 Å². The minimum Gasteiger partial charge on any atom is -0.366 e. The highest BCUT2D eigenvalue weighted by Crippen LogP contribution is 2.28. The molecule has 0 bridgehead atoms. The summed E-state index contributed by atoms with van der Waals surface area (Å²) in [6.07, 6.45) is 3.30. The SMILES string of the molecule is CCC1(C)CN(c2cccc(SC)c2)C(C)CN1. The minimum atomic E-state index is 0.238. The number of anilines is 1. The van der Waals surface area contributed by atoms with E-state index in [1.54, 1.807) is 0 Å². The molecule has 0 amide bonds. The first-order chi connectivity index (χ1) is 8.58. The molecule has 1 aromatic carbocycles. The van der Waals surface area contributed by atoms with Crippen molar-refractivity contribution in [3.63, 3.8) is 0 Å². The number of nitrogens with zero attached hydrogens (tertiary/aromatic N) is 1. The first-order valence-electron chi connectivity index (χ1n) is 6.74. The van der Waals surface area contributed by atoms with Crippen LogP contribution in [-0.4, -0.2) is 30.9 Å². The number of benzene rings is 1. The lowest BCUT2D eigenvalue weighted by Crippen LogP contribution is -2.62. The van der Waals surface area contributed by atoms with Gasteiger partial charge in [0.2, 0.25) is 0 Å². The fourth-order valence-corrected chi connectivity index (χ4v) is 2.92. The van der Waals surface area contributed by atoms with Crippen molar-refractivity contribution < 1.29 is 0 Å². The fourth-order valence-electron chi connectivity index (χ4n) is 2.46. The number of rotatable bonds is 3. The summed E-state index contributed by atoms with van der Waals surface area (Å²) in [5.74, 6) is 0. The van der Waals surface area contributed by atoms with Crippen molar-refractivity contribution in [2.24, 2.45) is 0 Å². The van der Waals surface area contributed by atoms with E-state index in [1.165, 1.54) is 17.0 Å². The highest BCUT2D eigenvalue weighted by atomic mass is 32.2. The molecule has 1 fully saturated rings. The van der Waals surface area contributed by atoms with Crippen LogP contribution in [0.3, 0.4) is 0 Å². The second-order valence-corrected chi connectivity index (χ2v) is 6.35. The summed E-state index contributed by atoms with van der Waals surface area (Å²) < 4.78 is 0. The van der Waals surface area contributed by atoms with E-state index in [0.29, 0.717) is 6.04 Å². The van der Waals surface area contributed by atoms with Gasteiger partial charge in [0, 0.05) is 35.3 Å². The number of nitrogens with one attached hydrogen (secondary N) is 1. The zero-order valence-corrected chi connectivity index (χ0v) is 12.7. The van der Waals surface area contributed by atoms with Crippen LogP contribution in [-0.2, 0) is 0 Å². The quantitative estimate of drug-likeness (QED) is 0.843. The summed E-state index contributed by atoms with van der Waals surface area (Å²) in [5, 5.41) is 3.68. The van der Waals surface area contributed by atoms with Crippen LogP contribution in [0, 0.1) is 0 Å². The zero-order valence-electron chi connectivity index (χ0n) is 11.9. The van der Waals surface area contributed by atoms with Gasteiger partial charge in [0.05, 0.1) is 0 Å². The van der Waals surface area contributed by atoms with Crippen LogP contribution in [0.4, 0.5) is 5.69 Å². The molecule has 18 heavy (non-hydrogen) atoms. The van der Waals surface area contributed by atoms with Crippen LogP contribution >= 0.6 is 11.8 Å². The van der Waals surface area contributed by atoms with Gasteiger partial charge in [0.25, 0.3) is 0 Å². The van der Waals surface area contributed by atoms with Crippen molar-refractivity contribution in [1.82, 2.24) is 5.32 Å². The molecule has 0 saturated carbocycles. The predicted octanol–water partition coefficient (Wildman–Crippen LogP) is 3.38. The number of hydrogen-bond acceptors (Lipinski definition) is 3. The molecule has 0 spiro atoms. The van der Waals surface area contributed by atoms with Gasteiger partial charge in [-0.15, -0.1) is 11.8 Å². The highest BCUT2D eigenvalue weighted by Gasteiger charge is 2.32. The molecule has 0 aliphatic carbocycles. The predicted molar refractivity (Wildman–Crippen MR) is 81.7 cm³/mol. The Bertz CT molecular complexity index is 407. The lowest BCUT2D eigenvalue weighted by atomic mass is 9.93. The van der Waals surface area contributed by atoms with Crippen LogP contribution in [0.5, 0.6) is 0 Å². The first kappa shape index (κ1) is 13.8. The maximum absolute atomic E-state index is 3.68. The van der Waals surface area contributed by atoms with E-state index in [1.807, 2.05) is 11.8 Å². The second kappa shape index (κ2) is 5.54. The number of piperazine rings is 1. The van der Waals surface area contributed by atoms with Gasteiger partial charge in [0.1, 0.15) is 0 Å². The lowest BCUT2D eigenvalue weighted by molar-refractivity contribution is 0.285. The number of hydrogen-bond donors (Lipinski definition) is 1. The third kappa shape index (κ3) is 2.83. The van der Waals surface area contributed by atoms with Crippen molar-refractivity contribution in [2.45, 2.75) is 43.7 Å². The van der Waals surface area contributed by atoms with Crippen molar-refractivity contribution in [3.8, 4) is 0 Å². The molecule has 0 aromatic heterocycles. The van der Waals surface area contributed by atoms with Crippen LogP contribution in [0.1, 0.15) is 27.2 Å². The van der Waals surface area contributed by atoms with Gasteiger partial charge in [-0.2, -0.15) is 0 Å². The van der Waals surface area contributed by atoms with Gasteiger partial charge in [-0.05, 0) is 44.7 Å². The Hall–Kier alpha value is -0.670. The van der Waals surface area contributed by atoms with E-state index < -0.39 is 0 Å². The topological polar surface area (TPSA) is 15.3 Å². The molecule has 1 saturated heterocycles. The van der Waals surface area contributed by atoms with Gasteiger partial charge in [0.15, 0.2) is 0 Å². The Morgan fingerprint density at radius 1 is 1.50 bits per heavy atom. The van der Waals surface area contributed by atoms with E-state index in [9.17, 15) is 0 Å². The van der Waals surface area contributed by atoms with Gasteiger partial charge in [-0.3, -0.25) is 0 Å². The zero-order chi connectivity index (χ0) is 13.2. The molecule has 2 atom stereocenters. The highest BCUT2D eigenvalue weighted by molar-refractivity contribution is 7.98. The molecule has 2 unspecified atom stereocenters. The monoisotopic (exact) mass is 264 g/mol. The maximum atomic E-state index is 3.68. The van der Waals surface area contributed by atoms with Crippen LogP contribution in [0.15, 0.2) is 29.2 Å². The Balaban J connectivity index is 2.24. The van der Waals surface area contributed by atoms with Crippen LogP contribution < -0.4 is 10.2 Å². The summed E-state index contributed by atoms with van der Waals surface area (Å²) in [6, 6.07) is 9.45. The molecule has 1 N–H and O–H groups in total. The molecule has 1 aliphatic heterocycles. The Morgan fingerprint density at radius 2 is 2.28 bits per heavy atom. The summed E-state index contributed by atoms with van der Waals surface area (Å²) in [7, 11) is 0. The molecule has 100 valence electrons.